The van der Waals surface area contributed by atoms with Crippen LogP contribution in [0.3, 0.4) is 0 Å². The van der Waals surface area contributed by atoms with Crippen LogP contribution in [0.15, 0.2) is 12.3 Å². The first-order valence-corrected chi connectivity index (χ1v) is 5.65. The van der Waals surface area contributed by atoms with Crippen LogP contribution in [0.5, 0.6) is 0 Å². The highest BCUT2D eigenvalue weighted by atomic mass is 35.5. The predicted molar refractivity (Wildman–Crippen MR) is 66.7 cm³/mol. The van der Waals surface area contributed by atoms with E-state index in [2.05, 4.69) is 10.3 Å². The lowest BCUT2D eigenvalue weighted by Crippen LogP contribution is -2.45. The molecule has 1 aromatic heterocycles. The summed E-state index contributed by atoms with van der Waals surface area (Å²) in [5.74, 6) is 0.187. The minimum atomic E-state index is -0.952. The first-order chi connectivity index (χ1) is 8.48. The molecule has 1 aromatic rings. The van der Waals surface area contributed by atoms with Crippen LogP contribution in [0.1, 0.15) is 13.3 Å². The molecule has 100 valence electrons. The van der Waals surface area contributed by atoms with Crippen LogP contribution in [-0.4, -0.2) is 38.9 Å². The lowest BCUT2D eigenvalue weighted by Gasteiger charge is -2.30. The van der Waals surface area contributed by atoms with E-state index in [1.165, 1.54) is 0 Å². The van der Waals surface area contributed by atoms with Gasteiger partial charge in [-0.3, -0.25) is 10.1 Å². The molecule has 8 heteroatoms. The van der Waals surface area contributed by atoms with E-state index in [1.807, 2.05) is 0 Å². The van der Waals surface area contributed by atoms with Crippen molar-refractivity contribution in [3.05, 3.63) is 27.4 Å². The SMILES string of the molecule is CCC(CO)(CO)Nc1ncc([N+](=O)[O-])cc1Cl. The van der Waals surface area contributed by atoms with Gasteiger partial charge >= 0.3 is 0 Å². The summed E-state index contributed by atoms with van der Waals surface area (Å²) in [5.41, 5.74) is -1.17. The van der Waals surface area contributed by atoms with Gasteiger partial charge in [0.1, 0.15) is 12.0 Å². The fourth-order valence-corrected chi connectivity index (χ4v) is 1.52. The smallest absolute Gasteiger partial charge is 0.289 e. The van der Waals surface area contributed by atoms with E-state index >= 15 is 0 Å². The van der Waals surface area contributed by atoms with E-state index in [-0.39, 0.29) is 29.7 Å². The number of hydrogen-bond acceptors (Lipinski definition) is 6. The Hall–Kier alpha value is -1.44. The molecule has 0 radical (unpaired) electrons. The molecule has 7 nitrogen and oxygen atoms in total. The van der Waals surface area contributed by atoms with Crippen LogP contribution < -0.4 is 5.32 Å². The van der Waals surface area contributed by atoms with Gasteiger partial charge in [0, 0.05) is 6.07 Å². The summed E-state index contributed by atoms with van der Waals surface area (Å²) in [6.45, 7) is 1.16. The number of halogens is 1. The van der Waals surface area contributed by atoms with Crippen LogP contribution in [0.25, 0.3) is 0 Å². The first-order valence-electron chi connectivity index (χ1n) is 5.28. The Morgan fingerprint density at radius 2 is 2.17 bits per heavy atom. The van der Waals surface area contributed by atoms with Gasteiger partial charge in [-0.05, 0) is 6.42 Å². The third-order valence-corrected chi connectivity index (χ3v) is 2.99. The number of nitro groups is 1. The number of aliphatic hydroxyl groups excluding tert-OH is 2. The normalized spacial score (nSPS) is 11.3. The summed E-state index contributed by atoms with van der Waals surface area (Å²) in [7, 11) is 0. The van der Waals surface area contributed by atoms with Crippen LogP contribution in [0.2, 0.25) is 5.02 Å². The third-order valence-electron chi connectivity index (χ3n) is 2.70. The molecule has 18 heavy (non-hydrogen) atoms. The van der Waals surface area contributed by atoms with Gasteiger partial charge in [-0.25, -0.2) is 4.98 Å². The number of nitrogens with one attached hydrogen (secondary N) is 1. The molecule has 0 bridgehead atoms. The lowest BCUT2D eigenvalue weighted by molar-refractivity contribution is -0.385. The number of nitrogens with zero attached hydrogens (tertiary/aromatic N) is 2. The molecule has 0 saturated heterocycles. The van der Waals surface area contributed by atoms with Crippen molar-refractivity contribution in [2.75, 3.05) is 18.5 Å². The zero-order valence-electron chi connectivity index (χ0n) is 9.76. The van der Waals surface area contributed by atoms with Crippen LogP contribution in [-0.2, 0) is 0 Å². The monoisotopic (exact) mass is 275 g/mol. The molecular formula is C10H14ClN3O4. The van der Waals surface area contributed by atoms with Crippen LogP contribution in [0, 0.1) is 10.1 Å². The summed E-state index contributed by atoms with van der Waals surface area (Å²) in [6, 6.07) is 1.16. The van der Waals surface area contributed by atoms with Gasteiger partial charge < -0.3 is 15.5 Å². The second-order valence-corrected chi connectivity index (χ2v) is 4.26. The van der Waals surface area contributed by atoms with E-state index in [4.69, 9.17) is 11.6 Å². The molecule has 3 N–H and O–H groups in total. The molecular weight excluding hydrogens is 262 g/mol. The number of pyridine rings is 1. The highest BCUT2D eigenvalue weighted by Gasteiger charge is 2.28. The van der Waals surface area contributed by atoms with Gasteiger partial charge in [0.15, 0.2) is 0 Å². The highest BCUT2D eigenvalue weighted by molar-refractivity contribution is 6.33. The quantitative estimate of drug-likeness (QED) is 0.531. The largest absolute Gasteiger partial charge is 0.394 e. The van der Waals surface area contributed by atoms with Gasteiger partial charge in [-0.2, -0.15) is 0 Å². The van der Waals surface area contributed by atoms with Crippen LogP contribution in [0.4, 0.5) is 11.5 Å². The van der Waals surface area contributed by atoms with Crippen molar-refractivity contribution in [2.45, 2.75) is 18.9 Å². The van der Waals surface area contributed by atoms with Crippen molar-refractivity contribution < 1.29 is 15.1 Å². The minimum absolute atomic E-state index is 0.0592. The Morgan fingerprint density at radius 3 is 2.56 bits per heavy atom. The fourth-order valence-electron chi connectivity index (χ4n) is 1.31. The maximum Gasteiger partial charge on any atom is 0.289 e. The molecule has 0 atom stereocenters. The van der Waals surface area contributed by atoms with Crippen molar-refractivity contribution in [3.8, 4) is 0 Å². The Kier molecular flexibility index (Phi) is 4.83. The first kappa shape index (κ1) is 14.6. The van der Waals surface area contributed by atoms with Gasteiger partial charge in [-0.15, -0.1) is 0 Å². The van der Waals surface area contributed by atoms with Crippen molar-refractivity contribution in [2.24, 2.45) is 0 Å². The topological polar surface area (TPSA) is 109 Å². The molecule has 0 aliphatic rings. The van der Waals surface area contributed by atoms with Gasteiger partial charge in [-0.1, -0.05) is 18.5 Å². The maximum atomic E-state index is 10.5. The molecule has 0 aromatic carbocycles. The lowest BCUT2D eigenvalue weighted by atomic mass is 9.98. The molecule has 0 aliphatic carbocycles. The average molecular weight is 276 g/mol. The van der Waals surface area contributed by atoms with E-state index in [9.17, 15) is 20.3 Å². The molecule has 1 rings (SSSR count). The third kappa shape index (κ3) is 3.06. The predicted octanol–water partition coefficient (Wildman–Crippen LogP) is 1.19. The second kappa shape index (κ2) is 5.94. The van der Waals surface area contributed by atoms with E-state index in [0.29, 0.717) is 6.42 Å². The number of hydrogen-bond donors (Lipinski definition) is 3. The molecule has 1 heterocycles. The molecule has 0 amide bonds. The van der Waals surface area contributed by atoms with E-state index < -0.39 is 10.5 Å². The summed E-state index contributed by atoms with van der Waals surface area (Å²) in [5, 5.41) is 31.9. The Morgan fingerprint density at radius 1 is 1.56 bits per heavy atom. The molecule has 0 aliphatic heterocycles. The zero-order chi connectivity index (χ0) is 13.8. The van der Waals surface area contributed by atoms with E-state index in [1.54, 1.807) is 6.92 Å². The van der Waals surface area contributed by atoms with E-state index in [0.717, 1.165) is 12.3 Å². The van der Waals surface area contributed by atoms with Crippen molar-refractivity contribution in [3.63, 3.8) is 0 Å². The Balaban J connectivity index is 3.01. The highest BCUT2D eigenvalue weighted by Crippen LogP contribution is 2.27. The maximum absolute atomic E-state index is 10.5. The van der Waals surface area contributed by atoms with Crippen molar-refractivity contribution >= 4 is 23.1 Å². The summed E-state index contributed by atoms with van der Waals surface area (Å²) >= 11 is 5.86. The standard InChI is InChI=1S/C10H14ClN3O4/c1-2-10(5-15,6-16)13-9-8(11)3-7(4-12-9)14(17)18/h3-4,15-16H,2,5-6H2,1H3,(H,12,13). The zero-order valence-corrected chi connectivity index (χ0v) is 10.5. The van der Waals surface area contributed by atoms with Gasteiger partial charge in [0.05, 0.1) is 28.7 Å². The Labute approximate surface area is 109 Å². The summed E-state index contributed by atoms with van der Waals surface area (Å²) < 4.78 is 0. The number of aromatic nitrogens is 1. The van der Waals surface area contributed by atoms with Gasteiger partial charge in [0.2, 0.25) is 0 Å². The average Bonchev–Trinajstić information content (AvgIpc) is 2.38. The molecule has 0 unspecified atom stereocenters. The number of anilines is 1. The van der Waals surface area contributed by atoms with Crippen molar-refractivity contribution in [1.82, 2.24) is 4.98 Å². The molecule has 0 spiro atoms. The summed E-state index contributed by atoms with van der Waals surface area (Å²) in [6.07, 6.45) is 1.50. The van der Waals surface area contributed by atoms with Crippen LogP contribution >= 0.6 is 11.6 Å². The number of aliphatic hydroxyl groups is 2. The fraction of sp³-hybridized carbons (Fsp3) is 0.500. The molecule has 0 fully saturated rings. The number of rotatable bonds is 6. The van der Waals surface area contributed by atoms with Gasteiger partial charge in [0.25, 0.3) is 5.69 Å². The Bertz CT molecular complexity index is 429. The summed E-state index contributed by atoms with van der Waals surface area (Å²) in [4.78, 5) is 13.7. The molecule has 0 saturated carbocycles. The minimum Gasteiger partial charge on any atom is -0.394 e. The van der Waals surface area contributed by atoms with Crippen molar-refractivity contribution in [1.29, 1.82) is 0 Å². The second-order valence-electron chi connectivity index (χ2n) is 3.86.